The van der Waals surface area contributed by atoms with Gasteiger partial charge in [0.25, 0.3) is 0 Å². The van der Waals surface area contributed by atoms with Crippen LogP contribution in [0.4, 0.5) is 0 Å². The van der Waals surface area contributed by atoms with Crippen LogP contribution in [0.3, 0.4) is 0 Å². The maximum absolute atomic E-state index is 10.8. The van der Waals surface area contributed by atoms with E-state index >= 15 is 0 Å². The number of rotatable bonds is 2. The predicted octanol–water partition coefficient (Wildman–Crippen LogP) is 0.575. The topological polar surface area (TPSA) is 46.5 Å². The smallest absolute Gasteiger partial charge is 0.481 e. The third-order valence-corrected chi connectivity index (χ3v) is 3.78. The molecule has 0 spiro atoms. The predicted molar refractivity (Wildman–Crippen MR) is 68.4 cm³/mol. The molecular weight excluding hydrogens is 271 g/mol. The van der Waals surface area contributed by atoms with Crippen LogP contribution in [0, 0.1) is 0 Å². The van der Waals surface area contributed by atoms with Crippen molar-refractivity contribution in [1.29, 1.82) is 0 Å². The van der Waals surface area contributed by atoms with Crippen molar-refractivity contribution in [2.75, 3.05) is 0 Å². The first-order valence-electron chi connectivity index (χ1n) is 5.52. The molecule has 0 saturated carbocycles. The van der Waals surface area contributed by atoms with E-state index < -0.39 is 5.97 Å². The van der Waals surface area contributed by atoms with Gasteiger partial charge in [0, 0.05) is 5.56 Å². The summed E-state index contributed by atoms with van der Waals surface area (Å²) in [6, 6.07) is 13.4. The Morgan fingerprint density at radius 1 is 1.11 bits per heavy atom. The first kappa shape index (κ1) is 14.5. The average molecular weight is 281 g/mol. The number of hydrogen-bond acceptors (Lipinski definition) is 3. The molecule has 2 aromatic rings. The van der Waals surface area contributed by atoms with Gasteiger partial charge in [-0.1, -0.05) is 36.0 Å². The summed E-state index contributed by atoms with van der Waals surface area (Å²) >= 11 is 1.61. The number of benzene rings is 2. The third-order valence-electron chi connectivity index (χ3n) is 2.68. The van der Waals surface area contributed by atoms with Crippen LogP contribution in [0.15, 0.2) is 52.3 Å². The zero-order valence-electron chi connectivity index (χ0n) is 10.4. The van der Waals surface area contributed by atoms with Crippen LogP contribution in [-0.4, -0.2) is 11.1 Å². The molecule has 3 rings (SSSR count). The van der Waals surface area contributed by atoms with E-state index in [2.05, 4.69) is 0 Å². The van der Waals surface area contributed by atoms with Crippen molar-refractivity contribution in [1.82, 2.24) is 0 Å². The molecule has 0 radical (unpaired) electrons. The van der Waals surface area contributed by atoms with Gasteiger partial charge in [-0.05, 0) is 18.2 Å². The molecule has 1 N–H and O–H groups in total. The van der Waals surface area contributed by atoms with Crippen molar-refractivity contribution in [3.8, 4) is 11.5 Å². The Balaban J connectivity index is 0.00000133. The van der Waals surface area contributed by atoms with Gasteiger partial charge in [-0.15, -0.1) is 0 Å². The Morgan fingerprint density at radius 3 is 2.63 bits per heavy atom. The molecule has 0 aliphatic carbocycles. The van der Waals surface area contributed by atoms with Crippen LogP contribution in [-0.2, 0) is 11.2 Å². The molecule has 5 heteroatoms. The summed E-state index contributed by atoms with van der Waals surface area (Å²) in [6.45, 7) is 0. The zero-order valence-corrected chi connectivity index (χ0v) is 13.2. The summed E-state index contributed by atoms with van der Waals surface area (Å²) in [5.74, 6) is 0.604. The Hall–Kier alpha value is -0.940. The largest absolute Gasteiger partial charge is 1.00 e. The normalized spacial score (nSPS) is 11.6. The molecule has 0 atom stereocenters. The fourth-order valence-electron chi connectivity index (χ4n) is 1.91. The first-order valence-corrected chi connectivity index (χ1v) is 6.34. The Kier molecular flexibility index (Phi) is 4.58. The Bertz CT molecular complexity index is 628. The monoisotopic (exact) mass is 281 g/mol. The summed E-state index contributed by atoms with van der Waals surface area (Å²) in [5, 5.41) is 8.90. The summed E-state index contributed by atoms with van der Waals surface area (Å²) < 4.78 is 5.83. The molecule has 1 heterocycles. The van der Waals surface area contributed by atoms with Gasteiger partial charge >= 0.3 is 35.5 Å². The Morgan fingerprint density at radius 2 is 1.84 bits per heavy atom. The number of aliphatic carboxylic acids is 1. The number of para-hydroxylation sites is 2. The standard InChI is InChI=1S/C14H10O3S.Na/c15-13(16)8-9-4-3-7-12-14(9)17-10-5-1-2-6-11(10)18-12;/h1-7H,8H2,(H,15,16);/q;+1. The minimum atomic E-state index is -0.851. The zero-order chi connectivity index (χ0) is 12.5. The molecule has 1 aliphatic rings. The van der Waals surface area contributed by atoms with Gasteiger partial charge in [0.2, 0.25) is 0 Å². The minimum absolute atomic E-state index is 0. The second-order valence-corrected chi connectivity index (χ2v) is 5.05. The van der Waals surface area contributed by atoms with Gasteiger partial charge in [0.15, 0.2) is 0 Å². The van der Waals surface area contributed by atoms with Crippen LogP contribution >= 0.6 is 11.8 Å². The van der Waals surface area contributed by atoms with Crippen molar-refractivity contribution < 1.29 is 44.2 Å². The van der Waals surface area contributed by atoms with E-state index in [0.717, 1.165) is 15.5 Å². The van der Waals surface area contributed by atoms with Crippen molar-refractivity contribution in [2.45, 2.75) is 16.2 Å². The number of carboxylic acids is 1. The maximum atomic E-state index is 10.8. The second kappa shape index (κ2) is 6.01. The summed E-state index contributed by atoms with van der Waals surface area (Å²) in [6.07, 6.45) is -0.0219. The third kappa shape index (κ3) is 2.98. The van der Waals surface area contributed by atoms with E-state index in [-0.39, 0.29) is 36.0 Å². The molecule has 0 saturated heterocycles. The maximum Gasteiger partial charge on any atom is 1.00 e. The van der Waals surface area contributed by atoms with Crippen LogP contribution in [0.5, 0.6) is 11.5 Å². The van der Waals surface area contributed by atoms with E-state index in [1.807, 2.05) is 36.4 Å². The molecule has 0 bridgehead atoms. The van der Waals surface area contributed by atoms with E-state index in [4.69, 9.17) is 9.84 Å². The van der Waals surface area contributed by atoms with Gasteiger partial charge in [0.05, 0.1) is 16.2 Å². The molecule has 0 fully saturated rings. The number of fused-ring (bicyclic) bond motifs is 2. The van der Waals surface area contributed by atoms with Gasteiger partial charge in [-0.25, -0.2) is 0 Å². The molecule has 0 unspecified atom stereocenters. The van der Waals surface area contributed by atoms with E-state index in [9.17, 15) is 4.79 Å². The van der Waals surface area contributed by atoms with E-state index in [1.54, 1.807) is 17.8 Å². The van der Waals surface area contributed by atoms with Gasteiger partial charge in [-0.3, -0.25) is 4.79 Å². The van der Waals surface area contributed by atoms with Gasteiger partial charge in [-0.2, -0.15) is 0 Å². The van der Waals surface area contributed by atoms with Crippen molar-refractivity contribution in [3.63, 3.8) is 0 Å². The molecule has 2 aromatic carbocycles. The SMILES string of the molecule is O=C(O)Cc1cccc2c1Oc1ccccc1S2.[Na+]. The first-order chi connectivity index (χ1) is 8.74. The van der Waals surface area contributed by atoms with E-state index in [1.165, 1.54) is 0 Å². The van der Waals surface area contributed by atoms with Crippen molar-refractivity contribution >= 4 is 17.7 Å². The molecule has 0 amide bonds. The van der Waals surface area contributed by atoms with Crippen LogP contribution in [0.25, 0.3) is 0 Å². The number of hydrogen-bond donors (Lipinski definition) is 1. The molecule has 3 nitrogen and oxygen atoms in total. The molecular formula is C14H10NaO3S+. The Labute approximate surface area is 137 Å². The quantitative estimate of drug-likeness (QED) is 0.698. The average Bonchev–Trinajstić information content (AvgIpc) is 2.36. The fourth-order valence-corrected chi connectivity index (χ4v) is 2.91. The molecule has 19 heavy (non-hydrogen) atoms. The second-order valence-electron chi connectivity index (χ2n) is 3.97. The fraction of sp³-hybridized carbons (Fsp3) is 0.0714. The number of carboxylic acid groups (broad SMARTS) is 1. The van der Waals surface area contributed by atoms with Crippen molar-refractivity contribution in [2.24, 2.45) is 0 Å². The summed E-state index contributed by atoms with van der Waals surface area (Å²) in [5.41, 5.74) is 0.710. The molecule has 0 aromatic heterocycles. The number of ether oxygens (including phenoxy) is 1. The van der Waals surface area contributed by atoms with Crippen LogP contribution < -0.4 is 34.3 Å². The number of carbonyl (C=O) groups is 1. The van der Waals surface area contributed by atoms with E-state index in [0.29, 0.717) is 11.3 Å². The van der Waals surface area contributed by atoms with Crippen molar-refractivity contribution in [3.05, 3.63) is 48.0 Å². The van der Waals surface area contributed by atoms with Gasteiger partial charge < -0.3 is 9.84 Å². The summed E-state index contributed by atoms with van der Waals surface area (Å²) in [4.78, 5) is 12.9. The van der Waals surface area contributed by atoms with Crippen LogP contribution in [0.1, 0.15) is 5.56 Å². The van der Waals surface area contributed by atoms with Crippen LogP contribution in [0.2, 0.25) is 0 Å². The van der Waals surface area contributed by atoms with Gasteiger partial charge in [0.1, 0.15) is 11.5 Å². The molecule has 90 valence electrons. The summed E-state index contributed by atoms with van der Waals surface area (Å²) in [7, 11) is 0. The molecule has 1 aliphatic heterocycles. The minimum Gasteiger partial charge on any atom is -0.481 e.